The minimum Gasteiger partial charge on any atom is -0.258 e. The third-order valence-electron chi connectivity index (χ3n) is 1.67. The minimum absolute atomic E-state index is 0.156. The fraction of sp³-hybridized carbons (Fsp3) is 0. The Labute approximate surface area is 91.4 Å². The van der Waals surface area contributed by atoms with Gasteiger partial charge in [-0.2, -0.15) is 5.10 Å². The maximum Gasteiger partial charge on any atom is 0.194 e. The zero-order chi connectivity index (χ0) is 11.0. The molecule has 0 radical (unpaired) electrons. The molecule has 78 valence electrons. The summed E-state index contributed by atoms with van der Waals surface area (Å²) in [5.74, 6) is -3.98. The number of H-pyrrole nitrogens is 1. The van der Waals surface area contributed by atoms with Crippen LogP contribution in [0.1, 0.15) is 0 Å². The molecule has 0 aliphatic rings. The van der Waals surface area contributed by atoms with E-state index in [9.17, 15) is 13.2 Å². The van der Waals surface area contributed by atoms with E-state index in [1.807, 2.05) is 0 Å². The van der Waals surface area contributed by atoms with Crippen molar-refractivity contribution in [3.63, 3.8) is 0 Å². The van der Waals surface area contributed by atoms with Gasteiger partial charge in [0.15, 0.2) is 21.4 Å². The Kier molecular flexibility index (Phi) is 2.57. The molecule has 2 rings (SSSR count). The third kappa shape index (κ3) is 1.93. The number of aromatic nitrogens is 2. The fourth-order valence-corrected chi connectivity index (χ4v) is 1.91. The fourth-order valence-electron chi connectivity index (χ4n) is 1.03. The lowest BCUT2D eigenvalue weighted by molar-refractivity contribution is 0.447. The summed E-state index contributed by atoms with van der Waals surface area (Å²) in [6.45, 7) is 0. The lowest BCUT2D eigenvalue weighted by Crippen LogP contribution is -1.91. The summed E-state index contributed by atoms with van der Waals surface area (Å²) in [6, 6.07) is 1.75. The summed E-state index contributed by atoms with van der Waals surface area (Å²) in [4.78, 5) is 0. The van der Waals surface area contributed by atoms with Gasteiger partial charge in [-0.15, -0.1) is 0 Å². The maximum absolute atomic E-state index is 12.9. The second-order valence-electron chi connectivity index (χ2n) is 2.67. The number of hydrogen-bond acceptors (Lipinski definition) is 3. The lowest BCUT2D eigenvalue weighted by atomic mass is 10.2. The van der Waals surface area contributed by atoms with Crippen LogP contribution in [0.25, 0.3) is 10.6 Å². The van der Waals surface area contributed by atoms with E-state index in [1.165, 1.54) is 0 Å². The normalized spacial score (nSPS) is 10.6. The Morgan fingerprint density at radius 3 is 2.27 bits per heavy atom. The van der Waals surface area contributed by atoms with Crippen LogP contribution in [0, 0.1) is 21.4 Å². The molecule has 0 saturated carbocycles. The van der Waals surface area contributed by atoms with Gasteiger partial charge in [0.1, 0.15) is 5.01 Å². The van der Waals surface area contributed by atoms with Crippen molar-refractivity contribution >= 4 is 23.6 Å². The molecule has 1 aromatic heterocycles. The van der Waals surface area contributed by atoms with Gasteiger partial charge in [-0.1, -0.05) is 11.3 Å². The second-order valence-corrected chi connectivity index (χ2v) is 4.34. The second kappa shape index (κ2) is 3.74. The Morgan fingerprint density at radius 2 is 1.80 bits per heavy atom. The number of benzene rings is 1. The summed E-state index contributed by atoms with van der Waals surface area (Å²) in [6.07, 6.45) is 0. The number of aromatic amines is 1. The van der Waals surface area contributed by atoms with E-state index >= 15 is 0 Å². The van der Waals surface area contributed by atoms with Crippen LogP contribution in [0.5, 0.6) is 0 Å². The van der Waals surface area contributed by atoms with Crippen molar-refractivity contribution in [1.82, 2.24) is 10.2 Å². The summed E-state index contributed by atoms with van der Waals surface area (Å²) in [5, 5.41) is 6.51. The van der Waals surface area contributed by atoms with Crippen LogP contribution >= 0.6 is 23.6 Å². The zero-order valence-electron chi connectivity index (χ0n) is 7.05. The summed E-state index contributed by atoms with van der Waals surface area (Å²) in [5.41, 5.74) is 0.156. The standard InChI is InChI=1S/C8H3F3N2S2/c9-4-1-3(2-5(10)6(4)11)7-12-13-8(14)15-7/h1-2H,(H,13,14). The first-order valence-corrected chi connectivity index (χ1v) is 5.01. The molecule has 0 fully saturated rings. The third-order valence-corrected chi connectivity index (χ3v) is 2.81. The van der Waals surface area contributed by atoms with Crippen LogP contribution < -0.4 is 0 Å². The monoisotopic (exact) mass is 248 g/mol. The first-order chi connectivity index (χ1) is 7.08. The predicted molar refractivity (Wildman–Crippen MR) is 52.6 cm³/mol. The predicted octanol–water partition coefficient (Wildman–Crippen LogP) is 3.28. The van der Waals surface area contributed by atoms with Gasteiger partial charge in [0.25, 0.3) is 0 Å². The largest absolute Gasteiger partial charge is 0.258 e. The van der Waals surface area contributed by atoms with Gasteiger partial charge in [-0.05, 0) is 24.4 Å². The summed E-state index contributed by atoms with van der Waals surface area (Å²) >= 11 is 5.82. The van der Waals surface area contributed by atoms with Crippen LogP contribution in [0.3, 0.4) is 0 Å². The molecule has 0 atom stereocenters. The van der Waals surface area contributed by atoms with Crippen LogP contribution in [0.2, 0.25) is 0 Å². The molecule has 1 N–H and O–H groups in total. The Balaban J connectivity index is 2.59. The van der Waals surface area contributed by atoms with E-state index in [4.69, 9.17) is 12.2 Å². The molecule has 7 heteroatoms. The Bertz CT molecular complexity index is 538. The number of halogens is 3. The lowest BCUT2D eigenvalue weighted by Gasteiger charge is -1.98. The SMILES string of the molecule is Fc1cc(-c2n[nH]c(=S)s2)cc(F)c1F. The van der Waals surface area contributed by atoms with Crippen molar-refractivity contribution in [3.8, 4) is 10.6 Å². The summed E-state index contributed by atoms with van der Waals surface area (Å²) < 4.78 is 38.7. The van der Waals surface area contributed by atoms with E-state index in [0.29, 0.717) is 8.96 Å². The maximum atomic E-state index is 12.9. The molecule has 0 saturated heterocycles. The summed E-state index contributed by atoms with van der Waals surface area (Å²) in [7, 11) is 0. The molecule has 0 amide bonds. The van der Waals surface area contributed by atoms with Gasteiger partial charge < -0.3 is 0 Å². The quantitative estimate of drug-likeness (QED) is 0.619. The highest BCUT2D eigenvalue weighted by Gasteiger charge is 2.13. The van der Waals surface area contributed by atoms with Crippen LogP contribution in [0.15, 0.2) is 12.1 Å². The molecule has 0 aliphatic carbocycles. The number of rotatable bonds is 1. The van der Waals surface area contributed by atoms with E-state index in [2.05, 4.69) is 10.2 Å². The van der Waals surface area contributed by atoms with Crippen LogP contribution in [-0.2, 0) is 0 Å². The molecule has 15 heavy (non-hydrogen) atoms. The van der Waals surface area contributed by atoms with Crippen LogP contribution in [0.4, 0.5) is 13.2 Å². The smallest absolute Gasteiger partial charge is 0.194 e. The Hall–Kier alpha value is -1.21. The van der Waals surface area contributed by atoms with Gasteiger partial charge in [0, 0.05) is 5.56 Å². The van der Waals surface area contributed by atoms with E-state index in [-0.39, 0.29) is 5.56 Å². The zero-order valence-corrected chi connectivity index (χ0v) is 8.69. The molecule has 0 bridgehead atoms. The van der Waals surface area contributed by atoms with E-state index < -0.39 is 17.5 Å². The number of hydrogen-bond donors (Lipinski definition) is 1. The molecule has 1 heterocycles. The molecule has 0 aliphatic heterocycles. The Morgan fingerprint density at radius 1 is 1.20 bits per heavy atom. The first kappa shape index (κ1) is 10.3. The van der Waals surface area contributed by atoms with Crippen molar-refractivity contribution in [1.29, 1.82) is 0 Å². The van der Waals surface area contributed by atoms with E-state index in [1.54, 1.807) is 0 Å². The molecule has 0 spiro atoms. The minimum atomic E-state index is -1.49. The van der Waals surface area contributed by atoms with Crippen molar-refractivity contribution in [2.75, 3.05) is 0 Å². The molecule has 2 aromatic rings. The molecular formula is C8H3F3N2S2. The molecule has 2 nitrogen and oxygen atoms in total. The number of nitrogens with one attached hydrogen (secondary N) is 1. The first-order valence-electron chi connectivity index (χ1n) is 3.78. The number of nitrogens with zero attached hydrogens (tertiary/aromatic N) is 1. The van der Waals surface area contributed by atoms with Crippen molar-refractivity contribution in [2.24, 2.45) is 0 Å². The van der Waals surface area contributed by atoms with Gasteiger partial charge >= 0.3 is 0 Å². The van der Waals surface area contributed by atoms with Gasteiger partial charge in [-0.3, -0.25) is 5.10 Å². The highest BCUT2D eigenvalue weighted by molar-refractivity contribution is 7.73. The highest BCUT2D eigenvalue weighted by Crippen LogP contribution is 2.25. The highest BCUT2D eigenvalue weighted by atomic mass is 32.1. The van der Waals surface area contributed by atoms with E-state index in [0.717, 1.165) is 23.5 Å². The van der Waals surface area contributed by atoms with Gasteiger partial charge in [0.05, 0.1) is 0 Å². The van der Waals surface area contributed by atoms with Gasteiger partial charge in [0.2, 0.25) is 0 Å². The van der Waals surface area contributed by atoms with Crippen molar-refractivity contribution < 1.29 is 13.2 Å². The average molecular weight is 248 g/mol. The average Bonchev–Trinajstić information content (AvgIpc) is 2.60. The van der Waals surface area contributed by atoms with Crippen LogP contribution in [-0.4, -0.2) is 10.2 Å². The molecule has 0 unspecified atom stereocenters. The molecular weight excluding hydrogens is 245 g/mol. The van der Waals surface area contributed by atoms with Crippen molar-refractivity contribution in [2.45, 2.75) is 0 Å². The van der Waals surface area contributed by atoms with Crippen molar-refractivity contribution in [3.05, 3.63) is 33.5 Å². The van der Waals surface area contributed by atoms with Gasteiger partial charge in [-0.25, -0.2) is 13.2 Å². The topological polar surface area (TPSA) is 28.7 Å². The molecule has 1 aromatic carbocycles.